The number of hydrogen-bond donors (Lipinski definition) is 1. The van der Waals surface area contributed by atoms with E-state index in [0.29, 0.717) is 36.6 Å². The van der Waals surface area contributed by atoms with E-state index >= 15 is 0 Å². The van der Waals surface area contributed by atoms with Crippen molar-refractivity contribution in [1.29, 1.82) is 5.26 Å². The van der Waals surface area contributed by atoms with E-state index in [4.69, 9.17) is 5.26 Å². The molecule has 22 heavy (non-hydrogen) atoms. The lowest BCUT2D eigenvalue weighted by atomic mass is 10.00. The van der Waals surface area contributed by atoms with Gasteiger partial charge in [-0.15, -0.1) is 5.10 Å². The van der Waals surface area contributed by atoms with Gasteiger partial charge in [0.25, 0.3) is 0 Å². The lowest BCUT2D eigenvalue weighted by Crippen LogP contribution is -2.31. The number of aromatic nitrogens is 4. The zero-order valence-corrected chi connectivity index (χ0v) is 12.6. The van der Waals surface area contributed by atoms with Gasteiger partial charge in [0.2, 0.25) is 0 Å². The normalized spacial score (nSPS) is 21.3. The van der Waals surface area contributed by atoms with Gasteiger partial charge >= 0.3 is 0 Å². The average molecular weight is 298 g/mol. The van der Waals surface area contributed by atoms with E-state index in [9.17, 15) is 5.11 Å². The van der Waals surface area contributed by atoms with Gasteiger partial charge in [0.05, 0.1) is 24.4 Å². The maximum atomic E-state index is 10.9. The summed E-state index contributed by atoms with van der Waals surface area (Å²) in [6, 6.07) is 5.71. The first kappa shape index (κ1) is 14.5. The monoisotopic (exact) mass is 298 g/mol. The summed E-state index contributed by atoms with van der Waals surface area (Å²) in [5.74, 6) is 0.700. The molecule has 1 aliphatic rings. The summed E-state index contributed by atoms with van der Waals surface area (Å²) >= 11 is 0. The highest BCUT2D eigenvalue weighted by molar-refractivity contribution is 5.46. The summed E-state index contributed by atoms with van der Waals surface area (Å²) in [6.45, 7) is 5.08. The topological polar surface area (TPSA) is 90.9 Å². The van der Waals surface area contributed by atoms with Gasteiger partial charge in [-0.3, -0.25) is 0 Å². The summed E-state index contributed by atoms with van der Waals surface area (Å²) in [7, 11) is 0. The van der Waals surface area contributed by atoms with Crippen LogP contribution in [0.3, 0.4) is 0 Å². The van der Waals surface area contributed by atoms with Crippen LogP contribution in [-0.4, -0.2) is 38.2 Å². The van der Waals surface area contributed by atoms with Crippen LogP contribution in [0.25, 0.3) is 0 Å². The molecule has 1 aliphatic heterocycles. The summed E-state index contributed by atoms with van der Waals surface area (Å²) < 4.78 is 1.74. The fraction of sp³-hybridized carbons (Fsp3) is 0.467. The first-order chi connectivity index (χ1) is 10.5. The van der Waals surface area contributed by atoms with Crippen LogP contribution in [0.1, 0.15) is 37.6 Å². The lowest BCUT2D eigenvalue weighted by molar-refractivity contribution is 0.0559. The maximum absolute atomic E-state index is 10.9. The zero-order chi connectivity index (χ0) is 15.7. The Kier molecular flexibility index (Phi) is 3.54. The second-order valence-electron chi connectivity index (χ2n) is 5.90. The molecule has 0 radical (unpaired) electrons. The standard InChI is InChI=1S/C15H18N6O/c1-11(2)21-9-13(18-19-21)15(22)4-6-20(10-15)14-7-12(8-16)3-5-17-14/h3,5,7,9,11,22H,4,6,10H2,1-2H3/t15-/m0/s1. The summed E-state index contributed by atoms with van der Waals surface area (Å²) in [6.07, 6.45) is 3.97. The Labute approximate surface area is 128 Å². The minimum Gasteiger partial charge on any atom is -0.381 e. The smallest absolute Gasteiger partial charge is 0.129 e. The molecular weight excluding hydrogens is 280 g/mol. The summed E-state index contributed by atoms with van der Waals surface area (Å²) in [4.78, 5) is 6.25. The highest BCUT2D eigenvalue weighted by Gasteiger charge is 2.40. The Bertz CT molecular complexity index is 719. The summed E-state index contributed by atoms with van der Waals surface area (Å²) in [5.41, 5.74) is 0.114. The van der Waals surface area contributed by atoms with Crippen molar-refractivity contribution in [1.82, 2.24) is 20.0 Å². The highest BCUT2D eigenvalue weighted by Crippen LogP contribution is 2.33. The number of aliphatic hydroxyl groups is 1. The molecule has 0 unspecified atom stereocenters. The van der Waals surface area contributed by atoms with Crippen LogP contribution in [-0.2, 0) is 5.60 Å². The molecule has 7 heteroatoms. The third kappa shape index (κ3) is 2.53. The van der Waals surface area contributed by atoms with Crippen LogP contribution < -0.4 is 4.90 Å². The van der Waals surface area contributed by atoms with E-state index in [1.165, 1.54) is 0 Å². The number of rotatable bonds is 3. The fourth-order valence-electron chi connectivity index (χ4n) is 2.60. The van der Waals surface area contributed by atoms with Crippen molar-refractivity contribution in [3.05, 3.63) is 35.8 Å². The third-order valence-corrected chi connectivity index (χ3v) is 3.96. The van der Waals surface area contributed by atoms with E-state index < -0.39 is 5.60 Å². The average Bonchev–Trinajstić information content (AvgIpc) is 3.15. The third-order valence-electron chi connectivity index (χ3n) is 3.96. The number of anilines is 1. The Hall–Kier alpha value is -2.46. The molecule has 3 rings (SSSR count). The minimum absolute atomic E-state index is 0.205. The SMILES string of the molecule is CC(C)n1cc([C@]2(O)CCN(c3cc(C#N)ccn3)C2)nn1. The van der Waals surface area contributed by atoms with E-state index in [-0.39, 0.29) is 6.04 Å². The van der Waals surface area contributed by atoms with Gasteiger partial charge in [0, 0.05) is 25.2 Å². The molecule has 0 aliphatic carbocycles. The molecule has 0 bridgehead atoms. The maximum Gasteiger partial charge on any atom is 0.129 e. The van der Waals surface area contributed by atoms with Crippen LogP contribution >= 0.6 is 0 Å². The highest BCUT2D eigenvalue weighted by atomic mass is 16.3. The molecule has 1 atom stereocenters. The number of nitrogens with zero attached hydrogens (tertiary/aromatic N) is 6. The fourth-order valence-corrected chi connectivity index (χ4v) is 2.60. The number of β-amino-alcohol motifs (C(OH)–C–C–N with tert-alkyl or cyclic N) is 1. The largest absolute Gasteiger partial charge is 0.381 e. The van der Waals surface area contributed by atoms with Gasteiger partial charge in [-0.1, -0.05) is 5.21 Å². The molecule has 0 spiro atoms. The Morgan fingerprint density at radius 3 is 2.95 bits per heavy atom. The predicted molar refractivity (Wildman–Crippen MR) is 80.1 cm³/mol. The van der Waals surface area contributed by atoms with Crippen LogP contribution in [0.2, 0.25) is 0 Å². The number of pyridine rings is 1. The predicted octanol–water partition coefficient (Wildman–Crippen LogP) is 1.22. The van der Waals surface area contributed by atoms with E-state index in [1.807, 2.05) is 18.7 Å². The van der Waals surface area contributed by atoms with Crippen molar-refractivity contribution < 1.29 is 5.11 Å². The van der Waals surface area contributed by atoms with Gasteiger partial charge in [0.1, 0.15) is 17.1 Å². The van der Waals surface area contributed by atoms with Crippen LogP contribution in [0.5, 0.6) is 0 Å². The minimum atomic E-state index is -1.03. The first-order valence-corrected chi connectivity index (χ1v) is 7.27. The number of hydrogen-bond acceptors (Lipinski definition) is 6. The molecule has 1 saturated heterocycles. The molecule has 1 N–H and O–H groups in total. The first-order valence-electron chi connectivity index (χ1n) is 7.27. The van der Waals surface area contributed by atoms with Gasteiger partial charge in [-0.25, -0.2) is 9.67 Å². The van der Waals surface area contributed by atoms with Gasteiger partial charge < -0.3 is 10.0 Å². The number of nitriles is 1. The molecule has 7 nitrogen and oxygen atoms in total. The quantitative estimate of drug-likeness (QED) is 0.916. The zero-order valence-electron chi connectivity index (χ0n) is 12.6. The van der Waals surface area contributed by atoms with Gasteiger partial charge in [-0.2, -0.15) is 5.26 Å². The Morgan fingerprint density at radius 2 is 2.27 bits per heavy atom. The van der Waals surface area contributed by atoms with Crippen LogP contribution in [0.4, 0.5) is 5.82 Å². The molecular formula is C15H18N6O. The molecule has 0 saturated carbocycles. The van der Waals surface area contributed by atoms with E-state index in [1.54, 1.807) is 29.2 Å². The van der Waals surface area contributed by atoms with Crippen LogP contribution in [0.15, 0.2) is 24.5 Å². The van der Waals surface area contributed by atoms with Gasteiger partial charge in [-0.05, 0) is 26.0 Å². The molecule has 0 amide bonds. The van der Waals surface area contributed by atoms with Crippen molar-refractivity contribution >= 4 is 5.82 Å². The second-order valence-corrected chi connectivity index (χ2v) is 5.90. The molecule has 2 aromatic heterocycles. The van der Waals surface area contributed by atoms with Crippen molar-refractivity contribution in [2.45, 2.75) is 31.9 Å². The molecule has 3 heterocycles. The van der Waals surface area contributed by atoms with Crippen molar-refractivity contribution in [2.75, 3.05) is 18.0 Å². The van der Waals surface area contributed by atoms with E-state index in [2.05, 4.69) is 21.4 Å². The Morgan fingerprint density at radius 1 is 1.45 bits per heavy atom. The molecule has 2 aromatic rings. The molecule has 114 valence electrons. The molecule has 1 fully saturated rings. The van der Waals surface area contributed by atoms with E-state index in [0.717, 1.165) is 0 Å². The lowest BCUT2D eigenvalue weighted by Gasteiger charge is -2.21. The van der Waals surface area contributed by atoms with Crippen molar-refractivity contribution in [3.63, 3.8) is 0 Å². The molecule has 0 aromatic carbocycles. The van der Waals surface area contributed by atoms with Crippen LogP contribution in [0, 0.1) is 11.3 Å². The van der Waals surface area contributed by atoms with Crippen molar-refractivity contribution in [3.8, 4) is 6.07 Å². The van der Waals surface area contributed by atoms with Crippen molar-refractivity contribution in [2.24, 2.45) is 0 Å². The summed E-state index contributed by atoms with van der Waals surface area (Å²) in [5, 5.41) is 28.0. The second kappa shape index (κ2) is 5.39. The Balaban J connectivity index is 1.82. The van der Waals surface area contributed by atoms with Gasteiger partial charge in [0.15, 0.2) is 0 Å².